The molecule has 1 N–H and O–H groups in total. The van der Waals surface area contributed by atoms with Gasteiger partial charge in [0.25, 0.3) is 0 Å². The van der Waals surface area contributed by atoms with Crippen LogP contribution in [0.25, 0.3) is 0 Å². The number of piperidine rings is 1. The molecule has 2 rings (SSSR count). The van der Waals surface area contributed by atoms with Crippen molar-refractivity contribution in [3.05, 3.63) is 35.9 Å². The molecule has 0 aliphatic carbocycles. The van der Waals surface area contributed by atoms with Gasteiger partial charge in [-0.1, -0.05) is 37.3 Å². The van der Waals surface area contributed by atoms with Crippen LogP contribution in [-0.4, -0.2) is 11.8 Å². The van der Waals surface area contributed by atoms with Crippen molar-refractivity contribution in [3.63, 3.8) is 0 Å². The molecule has 0 saturated carbocycles. The Morgan fingerprint density at radius 1 is 1.13 bits per heavy atom. The zero-order valence-electron chi connectivity index (χ0n) is 8.57. The maximum absolute atomic E-state index is 11.6. The van der Waals surface area contributed by atoms with Gasteiger partial charge in [-0.25, -0.2) is 0 Å². The van der Waals surface area contributed by atoms with Crippen molar-refractivity contribution in [2.24, 2.45) is 5.92 Å². The molecule has 1 aromatic rings. The number of amides is 2. The summed E-state index contributed by atoms with van der Waals surface area (Å²) in [6.07, 6.45) is 0.606. The molecule has 2 atom stereocenters. The van der Waals surface area contributed by atoms with E-state index < -0.39 is 0 Å². The van der Waals surface area contributed by atoms with Crippen LogP contribution in [0.3, 0.4) is 0 Å². The number of carbonyl (C=O) groups is 2. The second kappa shape index (κ2) is 3.85. The van der Waals surface area contributed by atoms with E-state index in [0.29, 0.717) is 6.42 Å². The van der Waals surface area contributed by atoms with Crippen LogP contribution in [0, 0.1) is 5.92 Å². The van der Waals surface area contributed by atoms with Crippen molar-refractivity contribution in [1.29, 1.82) is 0 Å². The van der Waals surface area contributed by atoms with Gasteiger partial charge >= 0.3 is 0 Å². The first-order valence-corrected chi connectivity index (χ1v) is 5.08. The van der Waals surface area contributed by atoms with E-state index in [4.69, 9.17) is 0 Å². The lowest BCUT2D eigenvalue weighted by Gasteiger charge is -2.25. The summed E-state index contributed by atoms with van der Waals surface area (Å²) in [5, 5.41) is 2.40. The first-order valence-electron chi connectivity index (χ1n) is 5.08. The SMILES string of the molecule is C[C@@H]1C[C@H](c2ccccc2)C(=O)NC1=O. The highest BCUT2D eigenvalue weighted by Gasteiger charge is 2.32. The highest BCUT2D eigenvalue weighted by atomic mass is 16.2. The number of rotatable bonds is 1. The van der Waals surface area contributed by atoms with E-state index in [9.17, 15) is 9.59 Å². The van der Waals surface area contributed by atoms with Gasteiger partial charge in [-0.15, -0.1) is 0 Å². The molecular weight excluding hydrogens is 190 g/mol. The van der Waals surface area contributed by atoms with Gasteiger partial charge in [-0.2, -0.15) is 0 Å². The summed E-state index contributed by atoms with van der Waals surface area (Å²) < 4.78 is 0. The third-order valence-corrected chi connectivity index (χ3v) is 2.80. The maximum Gasteiger partial charge on any atom is 0.234 e. The molecule has 3 nitrogen and oxygen atoms in total. The quantitative estimate of drug-likeness (QED) is 0.702. The van der Waals surface area contributed by atoms with Crippen LogP contribution in [0.5, 0.6) is 0 Å². The molecule has 1 fully saturated rings. The number of carbonyl (C=O) groups excluding carboxylic acids is 2. The Morgan fingerprint density at radius 2 is 1.80 bits per heavy atom. The molecular formula is C12H13NO2. The highest BCUT2D eigenvalue weighted by Crippen LogP contribution is 2.27. The Morgan fingerprint density at radius 3 is 2.47 bits per heavy atom. The summed E-state index contributed by atoms with van der Waals surface area (Å²) in [6.45, 7) is 1.84. The standard InChI is InChI=1S/C12H13NO2/c1-8-7-10(12(15)13-11(8)14)9-5-3-2-4-6-9/h2-6,8,10H,7H2,1H3,(H,13,14,15)/t8-,10-/m1/s1. The summed E-state index contributed by atoms with van der Waals surface area (Å²) in [4.78, 5) is 22.9. The predicted octanol–water partition coefficient (Wildman–Crippen LogP) is 1.45. The van der Waals surface area contributed by atoms with Crippen molar-refractivity contribution in [3.8, 4) is 0 Å². The van der Waals surface area contributed by atoms with Gasteiger partial charge in [0.15, 0.2) is 0 Å². The molecule has 3 heteroatoms. The Kier molecular flexibility index (Phi) is 2.54. The van der Waals surface area contributed by atoms with Crippen LogP contribution in [-0.2, 0) is 9.59 Å². The molecule has 0 bridgehead atoms. The second-order valence-corrected chi connectivity index (χ2v) is 3.95. The van der Waals surface area contributed by atoms with Crippen LogP contribution in [0.4, 0.5) is 0 Å². The Hall–Kier alpha value is -1.64. The van der Waals surface area contributed by atoms with E-state index in [1.807, 2.05) is 37.3 Å². The topological polar surface area (TPSA) is 46.2 Å². The van der Waals surface area contributed by atoms with Gasteiger partial charge in [0.1, 0.15) is 0 Å². The largest absolute Gasteiger partial charge is 0.296 e. The Balaban J connectivity index is 2.23. The van der Waals surface area contributed by atoms with Gasteiger partial charge in [0, 0.05) is 5.92 Å². The summed E-state index contributed by atoms with van der Waals surface area (Å²) >= 11 is 0. The molecule has 0 radical (unpaired) electrons. The monoisotopic (exact) mass is 203 g/mol. The smallest absolute Gasteiger partial charge is 0.234 e. The fourth-order valence-electron chi connectivity index (χ4n) is 1.87. The minimum Gasteiger partial charge on any atom is -0.296 e. The molecule has 15 heavy (non-hydrogen) atoms. The minimum absolute atomic E-state index is 0.0899. The summed E-state index contributed by atoms with van der Waals surface area (Å²) in [5.41, 5.74) is 0.981. The van der Waals surface area contributed by atoms with E-state index in [1.165, 1.54) is 0 Å². The van der Waals surface area contributed by atoms with Gasteiger partial charge < -0.3 is 0 Å². The minimum atomic E-state index is -0.182. The summed E-state index contributed by atoms with van der Waals surface area (Å²) in [7, 11) is 0. The molecule has 1 aliphatic rings. The van der Waals surface area contributed by atoms with Crippen LogP contribution in [0.2, 0.25) is 0 Å². The molecule has 1 aliphatic heterocycles. The third kappa shape index (κ3) is 1.91. The maximum atomic E-state index is 11.6. The number of nitrogens with one attached hydrogen (secondary N) is 1. The molecule has 2 amide bonds. The van der Waals surface area contributed by atoms with E-state index in [0.717, 1.165) is 5.56 Å². The molecule has 1 heterocycles. The molecule has 1 aromatic carbocycles. The first kappa shape index (κ1) is 9.90. The summed E-state index contributed by atoms with van der Waals surface area (Å²) in [6, 6.07) is 9.58. The number of imide groups is 1. The Labute approximate surface area is 88.5 Å². The normalized spacial score (nSPS) is 26.2. The Bertz CT molecular complexity index is 386. The lowest BCUT2D eigenvalue weighted by molar-refractivity contribution is -0.137. The van der Waals surface area contributed by atoms with Crippen LogP contribution < -0.4 is 5.32 Å². The van der Waals surface area contributed by atoms with Crippen molar-refractivity contribution in [1.82, 2.24) is 5.32 Å². The van der Waals surface area contributed by atoms with Crippen molar-refractivity contribution in [2.45, 2.75) is 19.3 Å². The molecule has 0 unspecified atom stereocenters. The van der Waals surface area contributed by atoms with Crippen molar-refractivity contribution < 1.29 is 9.59 Å². The van der Waals surface area contributed by atoms with E-state index in [-0.39, 0.29) is 23.7 Å². The van der Waals surface area contributed by atoms with E-state index in [1.54, 1.807) is 0 Å². The molecule has 0 spiro atoms. The first-order chi connectivity index (χ1) is 7.18. The molecule has 1 saturated heterocycles. The lowest BCUT2D eigenvalue weighted by Crippen LogP contribution is -2.44. The van der Waals surface area contributed by atoms with Gasteiger partial charge in [-0.05, 0) is 12.0 Å². The van der Waals surface area contributed by atoms with Gasteiger partial charge in [0.05, 0.1) is 5.92 Å². The van der Waals surface area contributed by atoms with Gasteiger partial charge in [0.2, 0.25) is 11.8 Å². The number of hydrogen-bond acceptors (Lipinski definition) is 2. The number of hydrogen-bond donors (Lipinski definition) is 1. The van der Waals surface area contributed by atoms with E-state index >= 15 is 0 Å². The van der Waals surface area contributed by atoms with Crippen LogP contribution in [0.15, 0.2) is 30.3 Å². The zero-order chi connectivity index (χ0) is 10.8. The summed E-state index contributed by atoms with van der Waals surface area (Å²) in [5.74, 6) is -0.608. The average Bonchev–Trinajstić information content (AvgIpc) is 2.25. The predicted molar refractivity (Wildman–Crippen MR) is 56.1 cm³/mol. The molecule has 0 aromatic heterocycles. The van der Waals surface area contributed by atoms with E-state index in [2.05, 4.69) is 5.32 Å². The highest BCUT2D eigenvalue weighted by molar-refractivity contribution is 6.01. The third-order valence-electron chi connectivity index (χ3n) is 2.80. The average molecular weight is 203 g/mol. The lowest BCUT2D eigenvalue weighted by atomic mass is 9.85. The number of benzene rings is 1. The molecule has 78 valence electrons. The van der Waals surface area contributed by atoms with Crippen molar-refractivity contribution >= 4 is 11.8 Å². The van der Waals surface area contributed by atoms with Crippen LogP contribution in [0.1, 0.15) is 24.8 Å². The second-order valence-electron chi connectivity index (χ2n) is 3.95. The zero-order valence-corrected chi connectivity index (χ0v) is 8.57. The van der Waals surface area contributed by atoms with Gasteiger partial charge in [-0.3, -0.25) is 14.9 Å². The van der Waals surface area contributed by atoms with Crippen molar-refractivity contribution in [2.75, 3.05) is 0 Å². The fourth-order valence-corrected chi connectivity index (χ4v) is 1.87. The van der Waals surface area contributed by atoms with Crippen LogP contribution >= 0.6 is 0 Å². The fraction of sp³-hybridized carbons (Fsp3) is 0.333.